The first-order valence-electron chi connectivity index (χ1n) is 20.5. The normalized spacial score (nSPS) is 14.9. The van der Waals surface area contributed by atoms with Gasteiger partial charge in [-0.3, -0.25) is 0 Å². The first kappa shape index (κ1) is 40.4. The topological polar surface area (TPSA) is 6.48 Å². The maximum absolute atomic E-state index is 2.67. The van der Waals surface area contributed by atoms with Gasteiger partial charge in [0, 0.05) is 25.5 Å². The minimum Gasteiger partial charge on any atom is -0.356 e. The van der Waals surface area contributed by atoms with Crippen LogP contribution in [0.4, 0.5) is 0 Å². The Morgan fingerprint density at radius 1 is 0.326 bits per heavy atom. The summed E-state index contributed by atoms with van der Waals surface area (Å²) in [6.45, 7) is 9.35. The van der Waals surface area contributed by atoms with Crippen molar-refractivity contribution in [1.29, 1.82) is 0 Å². The molecule has 0 fully saturated rings. The molecule has 43 heavy (non-hydrogen) atoms. The van der Waals surface area contributed by atoms with Crippen LogP contribution in [-0.4, -0.2) is 29.1 Å². The summed E-state index contributed by atoms with van der Waals surface area (Å²) in [7, 11) is 0. The van der Waals surface area contributed by atoms with Gasteiger partial charge < -0.3 is 9.80 Å². The third kappa shape index (κ3) is 25.2. The molecule has 256 valence electrons. The maximum Gasteiger partial charge on any atom is 0.101 e. The number of unbranched alkanes of at least 4 members (excludes halogenated alkanes) is 30. The van der Waals surface area contributed by atoms with Crippen LogP contribution in [0.1, 0.15) is 233 Å². The van der Waals surface area contributed by atoms with Gasteiger partial charge in [0.05, 0.1) is 0 Å². The van der Waals surface area contributed by atoms with Crippen LogP contribution >= 0.6 is 0 Å². The molecule has 1 aliphatic heterocycles. The Hall–Kier alpha value is -0.660. The number of nitrogens with zero attached hydrogens (tertiary/aromatic N) is 2. The molecule has 0 saturated carbocycles. The van der Waals surface area contributed by atoms with Gasteiger partial charge in [0.1, 0.15) is 6.17 Å². The van der Waals surface area contributed by atoms with Crippen molar-refractivity contribution < 1.29 is 0 Å². The molecule has 1 rings (SSSR count). The van der Waals surface area contributed by atoms with Crippen LogP contribution in [0.3, 0.4) is 0 Å². The zero-order chi connectivity index (χ0) is 30.9. The van der Waals surface area contributed by atoms with Crippen molar-refractivity contribution in [3.8, 4) is 0 Å². The second kappa shape index (κ2) is 32.7. The van der Waals surface area contributed by atoms with E-state index in [-0.39, 0.29) is 0 Å². The van der Waals surface area contributed by atoms with E-state index in [4.69, 9.17) is 0 Å². The summed E-state index contributed by atoms with van der Waals surface area (Å²) in [6.07, 6.45) is 53.2. The second-order valence-corrected chi connectivity index (χ2v) is 14.2. The van der Waals surface area contributed by atoms with E-state index in [9.17, 15) is 0 Å². The molecule has 0 aromatic heterocycles. The van der Waals surface area contributed by atoms with E-state index in [1.165, 1.54) is 218 Å². The minimum absolute atomic E-state index is 0.632. The predicted molar refractivity (Wildman–Crippen MR) is 196 cm³/mol. The standard InChI is InChI=1S/C41H82N2/c1-4-7-9-11-13-15-17-19-21-23-25-27-29-31-33-35-37-41-42(6-3)39-40-43(41)38-36-34-32-30-28-26-24-22-20-18-16-14-12-10-8-5-2/h39-41H,4-38H2,1-3H3. The molecule has 0 bridgehead atoms. The highest BCUT2D eigenvalue weighted by molar-refractivity contribution is 4.96. The Kier molecular flexibility index (Phi) is 30.7. The predicted octanol–water partition coefficient (Wildman–Crippen LogP) is 14.3. The van der Waals surface area contributed by atoms with Crippen molar-refractivity contribution in [2.24, 2.45) is 0 Å². The molecular formula is C41H82N2. The third-order valence-electron chi connectivity index (χ3n) is 10.2. The van der Waals surface area contributed by atoms with Gasteiger partial charge >= 0.3 is 0 Å². The van der Waals surface area contributed by atoms with Gasteiger partial charge in [-0.05, 0) is 26.2 Å². The summed E-state index contributed by atoms with van der Waals surface area (Å²) in [5.41, 5.74) is 0. The molecule has 1 aliphatic rings. The van der Waals surface area contributed by atoms with Crippen LogP contribution in [-0.2, 0) is 0 Å². The lowest BCUT2D eigenvalue weighted by molar-refractivity contribution is 0.142. The lowest BCUT2D eigenvalue weighted by Crippen LogP contribution is -2.38. The smallest absolute Gasteiger partial charge is 0.101 e. The van der Waals surface area contributed by atoms with E-state index in [2.05, 4.69) is 43.0 Å². The molecule has 0 amide bonds. The highest BCUT2D eigenvalue weighted by Gasteiger charge is 2.23. The average molecular weight is 603 g/mol. The molecule has 1 atom stereocenters. The van der Waals surface area contributed by atoms with Gasteiger partial charge in [-0.15, -0.1) is 0 Å². The van der Waals surface area contributed by atoms with Crippen LogP contribution in [0.15, 0.2) is 12.4 Å². The molecule has 2 heteroatoms. The number of hydrogen-bond donors (Lipinski definition) is 0. The quantitative estimate of drug-likeness (QED) is 0.0666. The Morgan fingerprint density at radius 3 is 0.930 bits per heavy atom. The molecule has 0 aromatic rings. The zero-order valence-corrected chi connectivity index (χ0v) is 30.4. The van der Waals surface area contributed by atoms with Crippen LogP contribution < -0.4 is 0 Å². The highest BCUT2D eigenvalue weighted by Crippen LogP contribution is 2.23. The van der Waals surface area contributed by atoms with E-state index in [0.717, 1.165) is 6.54 Å². The summed E-state index contributed by atoms with van der Waals surface area (Å²) in [4.78, 5) is 5.25. The van der Waals surface area contributed by atoms with Gasteiger partial charge in [-0.25, -0.2) is 0 Å². The van der Waals surface area contributed by atoms with Crippen LogP contribution in [0.5, 0.6) is 0 Å². The van der Waals surface area contributed by atoms with Gasteiger partial charge in [0.25, 0.3) is 0 Å². The van der Waals surface area contributed by atoms with Gasteiger partial charge in [-0.1, -0.05) is 206 Å². The lowest BCUT2D eigenvalue weighted by atomic mass is 10.0. The monoisotopic (exact) mass is 603 g/mol. The summed E-state index contributed by atoms with van der Waals surface area (Å²) in [5, 5.41) is 0. The van der Waals surface area contributed by atoms with Crippen molar-refractivity contribution in [3.05, 3.63) is 12.4 Å². The Morgan fingerprint density at radius 2 is 0.605 bits per heavy atom. The average Bonchev–Trinajstić information content (AvgIpc) is 3.42. The summed E-state index contributed by atoms with van der Waals surface area (Å²) >= 11 is 0. The van der Waals surface area contributed by atoms with Crippen molar-refractivity contribution in [1.82, 2.24) is 9.80 Å². The SMILES string of the molecule is CCCCCCCCCCCCCCCCCCC1N(CC)C=CN1CCCCCCCCCCCCCCCCCC. The maximum atomic E-state index is 2.67. The van der Waals surface area contributed by atoms with E-state index >= 15 is 0 Å². The Labute approximate surface area is 273 Å². The number of hydrogen-bond acceptors (Lipinski definition) is 2. The van der Waals surface area contributed by atoms with Crippen molar-refractivity contribution in [2.45, 2.75) is 239 Å². The fourth-order valence-electron chi connectivity index (χ4n) is 7.15. The van der Waals surface area contributed by atoms with Gasteiger partial charge in [0.2, 0.25) is 0 Å². The Balaban J connectivity index is 1.90. The van der Waals surface area contributed by atoms with Crippen molar-refractivity contribution >= 4 is 0 Å². The fourth-order valence-corrected chi connectivity index (χ4v) is 7.15. The first-order valence-corrected chi connectivity index (χ1v) is 20.5. The number of rotatable bonds is 35. The second-order valence-electron chi connectivity index (χ2n) is 14.2. The van der Waals surface area contributed by atoms with E-state index < -0.39 is 0 Å². The van der Waals surface area contributed by atoms with E-state index in [1.54, 1.807) is 0 Å². The molecule has 1 heterocycles. The van der Waals surface area contributed by atoms with Crippen molar-refractivity contribution in [3.63, 3.8) is 0 Å². The molecule has 2 nitrogen and oxygen atoms in total. The van der Waals surface area contributed by atoms with E-state index in [0.29, 0.717) is 6.17 Å². The van der Waals surface area contributed by atoms with Crippen LogP contribution in [0.2, 0.25) is 0 Å². The molecule has 1 unspecified atom stereocenters. The summed E-state index contributed by atoms with van der Waals surface area (Å²) in [5.74, 6) is 0. The highest BCUT2D eigenvalue weighted by atomic mass is 15.4. The molecular weight excluding hydrogens is 520 g/mol. The molecule has 0 spiro atoms. The van der Waals surface area contributed by atoms with Crippen LogP contribution in [0, 0.1) is 0 Å². The molecule has 0 radical (unpaired) electrons. The molecule has 0 aromatic carbocycles. The van der Waals surface area contributed by atoms with Crippen molar-refractivity contribution in [2.75, 3.05) is 13.1 Å². The van der Waals surface area contributed by atoms with Gasteiger partial charge in [0.15, 0.2) is 0 Å². The van der Waals surface area contributed by atoms with Gasteiger partial charge in [-0.2, -0.15) is 0 Å². The zero-order valence-electron chi connectivity index (χ0n) is 30.4. The third-order valence-corrected chi connectivity index (χ3v) is 10.2. The Bertz CT molecular complexity index is 558. The minimum atomic E-state index is 0.632. The summed E-state index contributed by atoms with van der Waals surface area (Å²) < 4.78 is 0. The van der Waals surface area contributed by atoms with Crippen LogP contribution in [0.25, 0.3) is 0 Å². The molecule has 0 N–H and O–H groups in total. The fraction of sp³-hybridized carbons (Fsp3) is 0.951. The first-order chi connectivity index (χ1) is 21.3. The summed E-state index contributed by atoms with van der Waals surface area (Å²) in [6, 6.07) is 0. The largest absolute Gasteiger partial charge is 0.356 e. The lowest BCUT2D eigenvalue weighted by Gasteiger charge is -2.32. The molecule has 0 aliphatic carbocycles. The molecule has 0 saturated heterocycles. The van der Waals surface area contributed by atoms with E-state index in [1.807, 2.05) is 0 Å².